The highest BCUT2D eigenvalue weighted by Crippen LogP contribution is 2.40. The van der Waals surface area contributed by atoms with Gasteiger partial charge in [-0.25, -0.2) is 0 Å². The maximum atomic E-state index is 12.3. The number of rotatable bonds is 4. The van der Waals surface area contributed by atoms with Crippen LogP contribution in [0.1, 0.15) is 33.9 Å². The highest BCUT2D eigenvalue weighted by Gasteiger charge is 2.48. The van der Waals surface area contributed by atoms with Crippen LogP contribution in [-0.2, 0) is 9.22 Å². The first-order valence-corrected chi connectivity index (χ1v) is 11.6. The molecule has 0 saturated carbocycles. The number of fused-ring (bicyclic) bond motifs is 1. The van der Waals surface area contributed by atoms with Gasteiger partial charge >= 0.3 is 0 Å². The van der Waals surface area contributed by atoms with Crippen molar-refractivity contribution in [3.63, 3.8) is 0 Å². The number of hydrogen-bond acceptors (Lipinski definition) is 2. The molecule has 2 aromatic rings. The van der Waals surface area contributed by atoms with Crippen molar-refractivity contribution in [3.8, 4) is 0 Å². The Labute approximate surface area is 145 Å². The summed E-state index contributed by atoms with van der Waals surface area (Å²) in [6.45, 7) is 13.2. The van der Waals surface area contributed by atoms with Crippen LogP contribution in [-0.4, -0.2) is 24.9 Å². The molecule has 0 bridgehead atoms. The van der Waals surface area contributed by atoms with E-state index in [0.717, 1.165) is 5.52 Å². The van der Waals surface area contributed by atoms with Crippen molar-refractivity contribution >= 4 is 25.1 Å². The second-order valence-electron chi connectivity index (χ2n) is 8.34. The SMILES string of the molecule is C[C@@H](O[Si](C)(C)C(C)(C)C)[C@H]1C(=O)N[C@@H]1n1ccc2ccccc21. The Balaban J connectivity index is 1.84. The van der Waals surface area contributed by atoms with Crippen LogP contribution in [0, 0.1) is 5.92 Å². The predicted molar refractivity (Wildman–Crippen MR) is 100 cm³/mol. The number of β-lactam (4-membered cyclic amide) rings is 1. The summed E-state index contributed by atoms with van der Waals surface area (Å²) >= 11 is 0. The normalized spacial score (nSPS) is 23.0. The third-order valence-corrected chi connectivity index (χ3v) is 10.2. The lowest BCUT2D eigenvalue weighted by Crippen LogP contribution is -2.60. The number of hydrogen-bond donors (Lipinski definition) is 1. The van der Waals surface area contributed by atoms with E-state index in [9.17, 15) is 4.79 Å². The largest absolute Gasteiger partial charge is 0.413 e. The topological polar surface area (TPSA) is 43.3 Å². The van der Waals surface area contributed by atoms with Crippen LogP contribution in [0.2, 0.25) is 18.1 Å². The van der Waals surface area contributed by atoms with Gasteiger partial charge in [0.1, 0.15) is 12.1 Å². The molecule has 3 atom stereocenters. The Morgan fingerprint density at radius 3 is 2.50 bits per heavy atom. The van der Waals surface area contributed by atoms with Gasteiger partial charge in [-0.1, -0.05) is 39.0 Å². The minimum Gasteiger partial charge on any atom is -0.413 e. The molecule has 0 aliphatic carbocycles. The Kier molecular flexibility index (Phi) is 4.12. The van der Waals surface area contributed by atoms with E-state index >= 15 is 0 Å². The maximum absolute atomic E-state index is 12.3. The lowest BCUT2D eigenvalue weighted by Gasteiger charge is -2.45. The molecule has 1 aromatic heterocycles. The summed E-state index contributed by atoms with van der Waals surface area (Å²) in [6, 6.07) is 10.3. The van der Waals surface area contributed by atoms with Gasteiger partial charge in [0.25, 0.3) is 0 Å². The van der Waals surface area contributed by atoms with Crippen LogP contribution in [0.15, 0.2) is 36.5 Å². The third kappa shape index (κ3) is 2.80. The smallest absolute Gasteiger partial charge is 0.231 e. The number of carbonyl (C=O) groups is 1. The number of aromatic nitrogens is 1. The van der Waals surface area contributed by atoms with Gasteiger partial charge in [-0.2, -0.15) is 0 Å². The number of carbonyl (C=O) groups excluding carboxylic acids is 1. The lowest BCUT2D eigenvalue weighted by molar-refractivity contribution is -0.143. The van der Waals surface area contributed by atoms with Crippen molar-refractivity contribution in [2.24, 2.45) is 5.92 Å². The highest BCUT2D eigenvalue weighted by atomic mass is 28.4. The number of benzene rings is 1. The van der Waals surface area contributed by atoms with Gasteiger partial charge in [0.2, 0.25) is 5.91 Å². The van der Waals surface area contributed by atoms with E-state index in [1.165, 1.54) is 5.39 Å². The summed E-state index contributed by atoms with van der Waals surface area (Å²) in [4.78, 5) is 12.3. The molecular formula is C19H28N2O2Si. The molecule has 1 N–H and O–H groups in total. The van der Waals surface area contributed by atoms with E-state index in [0.29, 0.717) is 0 Å². The third-order valence-electron chi connectivity index (χ3n) is 5.65. The van der Waals surface area contributed by atoms with E-state index < -0.39 is 8.32 Å². The van der Waals surface area contributed by atoms with E-state index in [2.05, 4.69) is 68.1 Å². The van der Waals surface area contributed by atoms with Gasteiger partial charge in [-0.15, -0.1) is 0 Å². The van der Waals surface area contributed by atoms with Crippen molar-refractivity contribution in [1.29, 1.82) is 0 Å². The summed E-state index contributed by atoms with van der Waals surface area (Å²) in [6.07, 6.45) is 1.93. The van der Waals surface area contributed by atoms with E-state index in [-0.39, 0.29) is 29.1 Å². The molecule has 5 heteroatoms. The van der Waals surface area contributed by atoms with Crippen LogP contribution in [0.4, 0.5) is 0 Å². The Bertz CT molecular complexity index is 760. The van der Waals surface area contributed by atoms with Crippen molar-refractivity contribution in [3.05, 3.63) is 36.5 Å². The fourth-order valence-electron chi connectivity index (χ4n) is 3.15. The van der Waals surface area contributed by atoms with Crippen molar-refractivity contribution < 1.29 is 9.22 Å². The molecule has 1 amide bonds. The second-order valence-corrected chi connectivity index (χ2v) is 13.1. The van der Waals surface area contributed by atoms with Gasteiger partial charge in [-0.05, 0) is 42.6 Å². The fraction of sp³-hybridized carbons (Fsp3) is 0.526. The van der Waals surface area contributed by atoms with Gasteiger partial charge in [0.05, 0.1) is 6.10 Å². The second kappa shape index (κ2) is 5.74. The van der Waals surface area contributed by atoms with E-state index in [1.807, 2.05) is 19.1 Å². The molecule has 2 heterocycles. The van der Waals surface area contributed by atoms with E-state index in [1.54, 1.807) is 0 Å². The molecule has 4 nitrogen and oxygen atoms in total. The van der Waals surface area contributed by atoms with E-state index in [4.69, 9.17) is 4.43 Å². The van der Waals surface area contributed by atoms with Gasteiger partial charge in [0.15, 0.2) is 8.32 Å². The Hall–Kier alpha value is -1.59. The molecule has 130 valence electrons. The summed E-state index contributed by atoms with van der Waals surface area (Å²) in [5.41, 5.74) is 1.15. The summed E-state index contributed by atoms with van der Waals surface area (Å²) in [7, 11) is -1.90. The molecule has 0 unspecified atom stereocenters. The predicted octanol–water partition coefficient (Wildman–Crippen LogP) is 4.30. The van der Waals surface area contributed by atoms with Crippen LogP contribution in [0.3, 0.4) is 0 Å². The van der Waals surface area contributed by atoms with Gasteiger partial charge in [0, 0.05) is 11.7 Å². The molecule has 1 aliphatic heterocycles. The van der Waals surface area contributed by atoms with Crippen LogP contribution in [0.25, 0.3) is 10.9 Å². The molecule has 3 rings (SSSR count). The number of nitrogens with zero attached hydrogens (tertiary/aromatic N) is 1. The van der Waals surface area contributed by atoms with Crippen molar-refractivity contribution in [2.75, 3.05) is 0 Å². The quantitative estimate of drug-likeness (QED) is 0.664. The minimum absolute atomic E-state index is 0.0304. The van der Waals surface area contributed by atoms with Crippen LogP contribution in [0.5, 0.6) is 0 Å². The highest BCUT2D eigenvalue weighted by molar-refractivity contribution is 6.74. The van der Waals surface area contributed by atoms with Crippen LogP contribution >= 0.6 is 0 Å². The van der Waals surface area contributed by atoms with Gasteiger partial charge < -0.3 is 14.3 Å². The first-order valence-electron chi connectivity index (χ1n) is 8.65. The zero-order chi connectivity index (χ0) is 17.7. The first-order chi connectivity index (χ1) is 11.1. The standard InChI is InChI=1S/C19H28N2O2Si/c1-13(23-24(5,6)19(2,3)4)16-17(20-18(16)22)21-12-11-14-9-7-8-10-15(14)21/h7-13,16-17H,1-6H3,(H,20,22)/t13-,16-,17-/m1/s1. The first kappa shape index (κ1) is 17.2. The molecule has 1 aromatic carbocycles. The lowest BCUT2D eigenvalue weighted by atomic mass is 9.91. The number of amides is 1. The number of nitrogens with one attached hydrogen (secondary N) is 1. The summed E-state index contributed by atoms with van der Waals surface area (Å²) < 4.78 is 8.64. The molecular weight excluding hydrogens is 316 g/mol. The molecule has 1 fully saturated rings. The van der Waals surface area contributed by atoms with Crippen molar-refractivity contribution in [1.82, 2.24) is 9.88 Å². The fourth-order valence-corrected chi connectivity index (χ4v) is 4.58. The molecule has 24 heavy (non-hydrogen) atoms. The zero-order valence-electron chi connectivity index (χ0n) is 15.5. The Morgan fingerprint density at radius 1 is 1.21 bits per heavy atom. The Morgan fingerprint density at radius 2 is 1.88 bits per heavy atom. The van der Waals surface area contributed by atoms with Crippen LogP contribution < -0.4 is 5.32 Å². The summed E-state index contributed by atoms with van der Waals surface area (Å²) in [5.74, 6) is -0.0566. The zero-order valence-corrected chi connectivity index (χ0v) is 16.5. The molecule has 1 aliphatic rings. The average molecular weight is 345 g/mol. The summed E-state index contributed by atoms with van der Waals surface area (Å²) in [5, 5.41) is 4.38. The molecule has 0 radical (unpaired) electrons. The minimum atomic E-state index is -1.90. The monoisotopic (exact) mass is 344 g/mol. The van der Waals surface area contributed by atoms with Gasteiger partial charge in [-0.3, -0.25) is 4.79 Å². The molecule has 1 saturated heterocycles. The maximum Gasteiger partial charge on any atom is 0.231 e. The number of para-hydroxylation sites is 1. The van der Waals surface area contributed by atoms with Crippen molar-refractivity contribution in [2.45, 2.75) is 58.1 Å². The molecule has 0 spiro atoms. The average Bonchev–Trinajstić information content (AvgIpc) is 2.86.